The first-order valence-electron chi connectivity index (χ1n) is 4.27. The normalized spacial score (nSPS) is 24.0. The van der Waals surface area contributed by atoms with Crippen molar-refractivity contribution in [2.75, 3.05) is 6.61 Å². The van der Waals surface area contributed by atoms with Gasteiger partial charge in [0.2, 0.25) is 0 Å². The zero-order chi connectivity index (χ0) is 8.10. The highest BCUT2D eigenvalue weighted by atomic mass is 16.5. The van der Waals surface area contributed by atoms with Gasteiger partial charge in [0.25, 0.3) is 0 Å². The summed E-state index contributed by atoms with van der Waals surface area (Å²) in [6.45, 7) is 0.881. The fraction of sp³-hybridized carbons (Fsp3) is 1.00. The molecule has 0 aromatic heterocycles. The molecule has 1 aliphatic heterocycles. The Morgan fingerprint density at radius 1 is 1.45 bits per heavy atom. The molecule has 3 nitrogen and oxygen atoms in total. The molecule has 0 aliphatic carbocycles. The first kappa shape index (κ1) is 9.04. The van der Waals surface area contributed by atoms with Gasteiger partial charge in [-0.1, -0.05) is 6.42 Å². The van der Waals surface area contributed by atoms with Crippen LogP contribution in [0.1, 0.15) is 25.7 Å². The molecular weight excluding hydrogens is 143 g/mol. The lowest BCUT2D eigenvalue weighted by molar-refractivity contribution is 0.103. The quantitative estimate of drug-likeness (QED) is 0.583. The van der Waals surface area contributed by atoms with E-state index < -0.39 is 7.12 Å². The van der Waals surface area contributed by atoms with Crippen molar-refractivity contribution in [2.24, 2.45) is 0 Å². The van der Waals surface area contributed by atoms with E-state index in [1.54, 1.807) is 0 Å². The van der Waals surface area contributed by atoms with Crippen molar-refractivity contribution in [3.05, 3.63) is 0 Å². The third-order valence-corrected chi connectivity index (χ3v) is 2.01. The molecule has 1 fully saturated rings. The number of ether oxygens (including phenoxy) is 1. The van der Waals surface area contributed by atoms with Crippen molar-refractivity contribution in [1.29, 1.82) is 0 Å². The summed E-state index contributed by atoms with van der Waals surface area (Å²) in [5.74, 6) is 0. The second-order valence-corrected chi connectivity index (χ2v) is 3.05. The Bertz CT molecular complexity index is 102. The van der Waals surface area contributed by atoms with Gasteiger partial charge in [-0.05, 0) is 25.6 Å². The van der Waals surface area contributed by atoms with Crippen molar-refractivity contribution in [3.63, 3.8) is 0 Å². The molecule has 4 heteroatoms. The van der Waals surface area contributed by atoms with Crippen LogP contribution in [0.5, 0.6) is 0 Å². The molecule has 0 aromatic carbocycles. The molecule has 0 aromatic rings. The van der Waals surface area contributed by atoms with Crippen LogP contribution in [-0.4, -0.2) is 29.9 Å². The number of hydrogen-bond acceptors (Lipinski definition) is 3. The van der Waals surface area contributed by atoms with Crippen molar-refractivity contribution >= 4 is 7.12 Å². The van der Waals surface area contributed by atoms with Gasteiger partial charge in [-0.3, -0.25) is 0 Å². The molecule has 1 atom stereocenters. The molecule has 1 unspecified atom stereocenters. The van der Waals surface area contributed by atoms with Crippen LogP contribution in [0.15, 0.2) is 0 Å². The van der Waals surface area contributed by atoms with Crippen LogP contribution in [0.4, 0.5) is 0 Å². The first-order valence-corrected chi connectivity index (χ1v) is 4.27. The van der Waals surface area contributed by atoms with E-state index in [9.17, 15) is 0 Å². The standard InChI is InChI=1S/C7H15BO3/c9-8(10)5-1-3-7-4-2-6-11-7/h7,9-10H,1-6H2. The van der Waals surface area contributed by atoms with Crippen LogP contribution in [-0.2, 0) is 4.74 Å². The van der Waals surface area contributed by atoms with Crippen molar-refractivity contribution in [2.45, 2.75) is 38.1 Å². The maximum absolute atomic E-state index is 8.54. The minimum Gasteiger partial charge on any atom is -0.427 e. The van der Waals surface area contributed by atoms with Gasteiger partial charge in [0.1, 0.15) is 0 Å². The zero-order valence-electron chi connectivity index (χ0n) is 6.70. The van der Waals surface area contributed by atoms with Gasteiger partial charge in [0, 0.05) is 6.61 Å². The van der Waals surface area contributed by atoms with Gasteiger partial charge < -0.3 is 14.8 Å². The highest BCUT2D eigenvalue weighted by molar-refractivity contribution is 6.40. The Kier molecular flexibility index (Phi) is 3.90. The van der Waals surface area contributed by atoms with Gasteiger partial charge in [0.05, 0.1) is 6.10 Å². The summed E-state index contributed by atoms with van der Waals surface area (Å²) in [4.78, 5) is 0. The maximum atomic E-state index is 8.54. The predicted octanol–water partition coefficient (Wildman–Crippen LogP) is 0.418. The second-order valence-electron chi connectivity index (χ2n) is 3.05. The average molecular weight is 158 g/mol. The van der Waals surface area contributed by atoms with Crippen molar-refractivity contribution < 1.29 is 14.8 Å². The Morgan fingerprint density at radius 2 is 2.27 bits per heavy atom. The largest absolute Gasteiger partial charge is 0.451 e. The molecule has 1 rings (SSSR count). The van der Waals surface area contributed by atoms with E-state index in [0.29, 0.717) is 12.4 Å². The Balaban J connectivity index is 1.94. The van der Waals surface area contributed by atoms with Crippen molar-refractivity contribution in [1.82, 2.24) is 0 Å². The minimum atomic E-state index is -1.14. The number of hydrogen-bond donors (Lipinski definition) is 2. The lowest BCUT2D eigenvalue weighted by Crippen LogP contribution is -2.12. The number of rotatable bonds is 4. The molecule has 0 amide bonds. The van der Waals surface area contributed by atoms with Crippen LogP contribution >= 0.6 is 0 Å². The fourth-order valence-electron chi connectivity index (χ4n) is 1.40. The second kappa shape index (κ2) is 4.75. The van der Waals surface area contributed by atoms with Crippen LogP contribution in [0.2, 0.25) is 6.32 Å². The van der Waals surface area contributed by atoms with E-state index in [4.69, 9.17) is 14.8 Å². The molecule has 1 saturated heterocycles. The van der Waals surface area contributed by atoms with E-state index in [1.165, 1.54) is 0 Å². The van der Waals surface area contributed by atoms with Gasteiger partial charge >= 0.3 is 7.12 Å². The summed E-state index contributed by atoms with van der Waals surface area (Å²) in [6, 6.07) is 0. The third kappa shape index (κ3) is 3.75. The molecular formula is C7H15BO3. The molecule has 64 valence electrons. The summed E-state index contributed by atoms with van der Waals surface area (Å²) in [6.07, 6.45) is 4.97. The third-order valence-electron chi connectivity index (χ3n) is 2.01. The van der Waals surface area contributed by atoms with Gasteiger partial charge in [-0.2, -0.15) is 0 Å². The maximum Gasteiger partial charge on any atom is 0.451 e. The van der Waals surface area contributed by atoms with Crippen LogP contribution in [0.3, 0.4) is 0 Å². The lowest BCUT2D eigenvalue weighted by Gasteiger charge is -2.07. The molecule has 0 radical (unpaired) electrons. The molecule has 0 saturated carbocycles. The highest BCUT2D eigenvalue weighted by Gasteiger charge is 2.16. The SMILES string of the molecule is OB(O)CCCC1CCCO1. The molecule has 2 N–H and O–H groups in total. The van der Waals surface area contributed by atoms with E-state index in [-0.39, 0.29) is 0 Å². The monoisotopic (exact) mass is 158 g/mol. The topological polar surface area (TPSA) is 49.7 Å². The van der Waals surface area contributed by atoms with E-state index in [0.717, 1.165) is 32.3 Å². The minimum absolute atomic E-state index is 0.383. The van der Waals surface area contributed by atoms with E-state index in [1.807, 2.05) is 0 Å². The van der Waals surface area contributed by atoms with E-state index in [2.05, 4.69) is 0 Å². The molecule has 1 heterocycles. The average Bonchev–Trinajstić information content (AvgIpc) is 2.39. The van der Waals surface area contributed by atoms with E-state index >= 15 is 0 Å². The Morgan fingerprint density at radius 3 is 2.82 bits per heavy atom. The van der Waals surface area contributed by atoms with Gasteiger partial charge in [-0.15, -0.1) is 0 Å². The summed E-state index contributed by atoms with van der Waals surface area (Å²) in [5.41, 5.74) is 0. The van der Waals surface area contributed by atoms with Gasteiger partial charge in [-0.25, -0.2) is 0 Å². The molecule has 1 aliphatic rings. The molecule has 0 bridgehead atoms. The van der Waals surface area contributed by atoms with Gasteiger partial charge in [0.15, 0.2) is 0 Å². The zero-order valence-corrected chi connectivity index (χ0v) is 6.70. The lowest BCUT2D eigenvalue weighted by atomic mass is 9.83. The van der Waals surface area contributed by atoms with Crippen LogP contribution in [0, 0.1) is 0 Å². The predicted molar refractivity (Wildman–Crippen MR) is 43.2 cm³/mol. The smallest absolute Gasteiger partial charge is 0.427 e. The summed E-state index contributed by atoms with van der Waals surface area (Å²) >= 11 is 0. The Labute approximate surface area is 67.5 Å². The molecule has 0 spiro atoms. The van der Waals surface area contributed by atoms with Crippen molar-refractivity contribution in [3.8, 4) is 0 Å². The van der Waals surface area contributed by atoms with Crippen LogP contribution < -0.4 is 0 Å². The first-order chi connectivity index (χ1) is 5.29. The fourth-order valence-corrected chi connectivity index (χ4v) is 1.40. The summed E-state index contributed by atoms with van der Waals surface area (Å²) in [7, 11) is -1.14. The summed E-state index contributed by atoms with van der Waals surface area (Å²) in [5, 5.41) is 17.1. The molecule has 11 heavy (non-hydrogen) atoms. The van der Waals surface area contributed by atoms with Crippen LogP contribution in [0.25, 0.3) is 0 Å². The Hall–Kier alpha value is -0.0551. The summed E-state index contributed by atoms with van der Waals surface area (Å²) < 4.78 is 5.37. The highest BCUT2D eigenvalue weighted by Crippen LogP contribution is 2.17.